The second-order valence-electron chi connectivity index (χ2n) is 5.62. The Labute approximate surface area is 145 Å². The molecule has 0 saturated heterocycles. The van der Waals surface area contributed by atoms with Crippen LogP contribution in [0, 0.1) is 0 Å². The van der Waals surface area contributed by atoms with E-state index in [1.165, 1.54) is 4.90 Å². The van der Waals surface area contributed by atoms with Gasteiger partial charge in [0.1, 0.15) is 12.3 Å². The second-order valence-corrected chi connectivity index (χ2v) is 6.05. The second kappa shape index (κ2) is 6.93. The van der Waals surface area contributed by atoms with Gasteiger partial charge < -0.3 is 9.64 Å². The number of benzene rings is 2. The van der Waals surface area contributed by atoms with Gasteiger partial charge in [0.2, 0.25) is 5.91 Å². The summed E-state index contributed by atoms with van der Waals surface area (Å²) in [5, 5.41) is 0.488. The number of ether oxygens (including phenoxy) is 1. The smallest absolute Gasteiger partial charge is 0.265 e. The maximum absolute atomic E-state index is 12.5. The van der Waals surface area contributed by atoms with Crippen molar-refractivity contribution in [2.75, 3.05) is 25.1 Å². The third-order valence-electron chi connectivity index (χ3n) is 3.85. The Morgan fingerprint density at radius 1 is 1.25 bits per heavy atom. The molecule has 0 unspecified atom stereocenters. The number of carbonyl (C=O) groups excluding carboxylic acids is 2. The van der Waals surface area contributed by atoms with Crippen molar-refractivity contribution in [3.8, 4) is 5.75 Å². The quantitative estimate of drug-likeness (QED) is 0.857. The van der Waals surface area contributed by atoms with E-state index in [4.69, 9.17) is 16.3 Å². The summed E-state index contributed by atoms with van der Waals surface area (Å²) in [5.41, 5.74) is 1.56. The van der Waals surface area contributed by atoms with E-state index >= 15 is 0 Å². The number of halogens is 1. The van der Waals surface area contributed by atoms with Crippen molar-refractivity contribution in [2.24, 2.45) is 0 Å². The Kier molecular flexibility index (Phi) is 4.71. The highest BCUT2D eigenvalue weighted by Crippen LogP contribution is 2.34. The molecule has 0 aromatic heterocycles. The minimum Gasteiger partial charge on any atom is -0.482 e. The minimum atomic E-state index is -0.258. The number of carbonyl (C=O) groups is 2. The van der Waals surface area contributed by atoms with E-state index in [-0.39, 0.29) is 25.0 Å². The van der Waals surface area contributed by atoms with Gasteiger partial charge in [-0.3, -0.25) is 14.5 Å². The van der Waals surface area contributed by atoms with Crippen LogP contribution in [0.1, 0.15) is 5.56 Å². The minimum absolute atomic E-state index is 0.0428. The summed E-state index contributed by atoms with van der Waals surface area (Å²) < 4.78 is 5.38. The fourth-order valence-electron chi connectivity index (χ4n) is 2.55. The largest absolute Gasteiger partial charge is 0.482 e. The van der Waals surface area contributed by atoms with Crippen LogP contribution in [0.2, 0.25) is 5.02 Å². The standard InChI is InChI=1S/C18H17ClN2O3/c1-20(10-13-5-3-2-4-6-13)17(22)11-21-15-9-14(19)7-8-16(15)24-12-18(21)23/h2-9H,10-12H2,1H3. The lowest BCUT2D eigenvalue weighted by molar-refractivity contribution is -0.131. The normalized spacial score (nSPS) is 13.2. The van der Waals surface area contributed by atoms with Crippen molar-refractivity contribution < 1.29 is 14.3 Å². The molecular weight excluding hydrogens is 328 g/mol. The van der Waals surface area contributed by atoms with Crippen LogP contribution in [0.3, 0.4) is 0 Å². The molecule has 3 rings (SSSR count). The number of rotatable bonds is 4. The number of hydrogen-bond donors (Lipinski definition) is 0. The molecule has 124 valence electrons. The topological polar surface area (TPSA) is 49.9 Å². The SMILES string of the molecule is CN(Cc1ccccc1)C(=O)CN1C(=O)COc2ccc(Cl)cc21. The van der Waals surface area contributed by atoms with Gasteiger partial charge in [0.25, 0.3) is 5.91 Å². The first-order valence-electron chi connectivity index (χ1n) is 7.55. The number of amides is 2. The maximum Gasteiger partial charge on any atom is 0.265 e. The van der Waals surface area contributed by atoms with E-state index in [0.29, 0.717) is 23.0 Å². The van der Waals surface area contributed by atoms with Gasteiger partial charge in [0.15, 0.2) is 6.61 Å². The van der Waals surface area contributed by atoms with E-state index < -0.39 is 0 Å². The number of fused-ring (bicyclic) bond motifs is 1. The third kappa shape index (κ3) is 3.51. The number of likely N-dealkylation sites (N-methyl/N-ethyl adjacent to an activating group) is 1. The van der Waals surface area contributed by atoms with Crippen LogP contribution < -0.4 is 9.64 Å². The zero-order valence-electron chi connectivity index (χ0n) is 13.2. The number of nitrogens with zero attached hydrogens (tertiary/aromatic N) is 2. The number of anilines is 1. The average molecular weight is 345 g/mol. The van der Waals surface area contributed by atoms with Crippen LogP contribution in [0.15, 0.2) is 48.5 Å². The van der Waals surface area contributed by atoms with Gasteiger partial charge in [-0.1, -0.05) is 41.9 Å². The molecule has 5 nitrogen and oxygen atoms in total. The summed E-state index contributed by atoms with van der Waals surface area (Å²) in [6.07, 6.45) is 0. The van der Waals surface area contributed by atoms with Crippen molar-refractivity contribution in [3.63, 3.8) is 0 Å². The molecule has 0 spiro atoms. The molecule has 2 amide bonds. The molecule has 1 heterocycles. The molecule has 0 fully saturated rings. The predicted octanol–water partition coefficient (Wildman–Crippen LogP) is 2.72. The molecule has 6 heteroatoms. The molecule has 24 heavy (non-hydrogen) atoms. The van der Waals surface area contributed by atoms with Gasteiger partial charge in [0, 0.05) is 18.6 Å². The van der Waals surface area contributed by atoms with Gasteiger partial charge in [-0.2, -0.15) is 0 Å². The first kappa shape index (κ1) is 16.3. The van der Waals surface area contributed by atoms with Crippen LogP contribution in [0.5, 0.6) is 5.75 Å². The Balaban J connectivity index is 1.74. The summed E-state index contributed by atoms with van der Waals surface area (Å²) in [7, 11) is 1.72. The van der Waals surface area contributed by atoms with Crippen LogP contribution in [0.4, 0.5) is 5.69 Å². The molecule has 2 aromatic carbocycles. The lowest BCUT2D eigenvalue weighted by atomic mass is 10.2. The molecule has 2 aromatic rings. The fraction of sp³-hybridized carbons (Fsp3) is 0.222. The highest BCUT2D eigenvalue weighted by atomic mass is 35.5. The van der Waals surface area contributed by atoms with Crippen LogP contribution in [-0.2, 0) is 16.1 Å². The molecule has 0 aliphatic carbocycles. The van der Waals surface area contributed by atoms with Crippen molar-refractivity contribution in [1.82, 2.24) is 4.90 Å². The summed E-state index contributed by atoms with van der Waals surface area (Å²) in [4.78, 5) is 27.7. The summed E-state index contributed by atoms with van der Waals surface area (Å²) in [6.45, 7) is 0.365. The number of hydrogen-bond acceptors (Lipinski definition) is 3. The highest BCUT2D eigenvalue weighted by Gasteiger charge is 2.28. The van der Waals surface area contributed by atoms with Gasteiger partial charge in [-0.15, -0.1) is 0 Å². The van der Waals surface area contributed by atoms with Crippen molar-refractivity contribution >= 4 is 29.1 Å². The van der Waals surface area contributed by atoms with Crippen molar-refractivity contribution in [3.05, 3.63) is 59.1 Å². The van der Waals surface area contributed by atoms with Gasteiger partial charge in [-0.05, 0) is 23.8 Å². The fourth-order valence-corrected chi connectivity index (χ4v) is 2.72. The molecule has 0 radical (unpaired) electrons. The zero-order valence-corrected chi connectivity index (χ0v) is 14.0. The van der Waals surface area contributed by atoms with E-state index in [1.807, 2.05) is 30.3 Å². The molecule has 0 atom stereocenters. The molecule has 1 aliphatic rings. The lowest BCUT2D eigenvalue weighted by Gasteiger charge is -2.30. The average Bonchev–Trinajstić information content (AvgIpc) is 2.58. The molecule has 0 N–H and O–H groups in total. The van der Waals surface area contributed by atoms with Gasteiger partial charge in [0.05, 0.1) is 5.69 Å². The van der Waals surface area contributed by atoms with Gasteiger partial charge in [-0.25, -0.2) is 0 Å². The summed E-state index contributed by atoms with van der Waals surface area (Å²) >= 11 is 6.01. The Morgan fingerprint density at radius 2 is 2.00 bits per heavy atom. The Morgan fingerprint density at radius 3 is 2.75 bits per heavy atom. The summed E-state index contributed by atoms with van der Waals surface area (Å²) in [5.74, 6) is 0.142. The van der Waals surface area contributed by atoms with Crippen LogP contribution >= 0.6 is 11.6 Å². The van der Waals surface area contributed by atoms with Gasteiger partial charge >= 0.3 is 0 Å². The van der Waals surface area contributed by atoms with Crippen molar-refractivity contribution in [1.29, 1.82) is 0 Å². The van der Waals surface area contributed by atoms with Crippen molar-refractivity contribution in [2.45, 2.75) is 6.54 Å². The lowest BCUT2D eigenvalue weighted by Crippen LogP contribution is -2.45. The zero-order chi connectivity index (χ0) is 17.1. The molecular formula is C18H17ClN2O3. The van der Waals surface area contributed by atoms with E-state index in [9.17, 15) is 9.59 Å². The first-order chi connectivity index (χ1) is 11.5. The van der Waals surface area contributed by atoms with Crippen LogP contribution in [0.25, 0.3) is 0 Å². The Hall–Kier alpha value is -2.53. The maximum atomic E-state index is 12.5. The molecule has 0 bridgehead atoms. The predicted molar refractivity (Wildman–Crippen MR) is 92.2 cm³/mol. The monoisotopic (exact) mass is 344 g/mol. The summed E-state index contributed by atoms with van der Waals surface area (Å²) in [6, 6.07) is 14.7. The van der Waals surface area contributed by atoms with E-state index in [0.717, 1.165) is 5.56 Å². The molecule has 1 aliphatic heterocycles. The Bertz CT molecular complexity index is 764. The van der Waals surface area contributed by atoms with E-state index in [2.05, 4.69) is 0 Å². The highest BCUT2D eigenvalue weighted by molar-refractivity contribution is 6.31. The first-order valence-corrected chi connectivity index (χ1v) is 7.93. The van der Waals surface area contributed by atoms with E-state index in [1.54, 1.807) is 30.1 Å². The third-order valence-corrected chi connectivity index (χ3v) is 4.08. The molecule has 0 saturated carbocycles. The van der Waals surface area contributed by atoms with Crippen LogP contribution in [-0.4, -0.2) is 36.9 Å².